The fourth-order valence-electron chi connectivity index (χ4n) is 1.83. The predicted octanol–water partition coefficient (Wildman–Crippen LogP) is 2.86. The molecule has 0 atom stereocenters. The van der Waals surface area contributed by atoms with E-state index in [9.17, 15) is 9.59 Å². The summed E-state index contributed by atoms with van der Waals surface area (Å²) in [6.07, 6.45) is 0. The smallest absolute Gasteiger partial charge is 0.287 e. The molecule has 0 bridgehead atoms. The zero-order valence-corrected chi connectivity index (χ0v) is 14.5. The third kappa shape index (κ3) is 4.74. The fourth-order valence-corrected chi connectivity index (χ4v) is 2.31. The van der Waals surface area contributed by atoms with Gasteiger partial charge in [-0.3, -0.25) is 9.59 Å². The molecule has 0 saturated heterocycles. The monoisotopic (exact) mass is 400 g/mol. The number of amides is 2. The van der Waals surface area contributed by atoms with E-state index in [2.05, 4.69) is 26.6 Å². The summed E-state index contributed by atoms with van der Waals surface area (Å²) < 4.78 is 10.7. The summed E-state index contributed by atoms with van der Waals surface area (Å²) >= 11 is 9.00. The van der Waals surface area contributed by atoms with Crippen LogP contribution in [0.2, 0.25) is 5.02 Å². The van der Waals surface area contributed by atoms with E-state index in [-0.39, 0.29) is 30.7 Å². The van der Waals surface area contributed by atoms with Crippen LogP contribution in [-0.2, 0) is 0 Å². The molecule has 0 aliphatic rings. The first-order valence-electron chi connectivity index (χ1n) is 6.66. The second kappa shape index (κ2) is 8.03. The molecule has 2 amide bonds. The Bertz CT molecular complexity index is 717. The fraction of sp³-hybridized carbons (Fsp3) is 0.200. The van der Waals surface area contributed by atoms with Crippen LogP contribution in [0.5, 0.6) is 5.75 Å². The Hall–Kier alpha value is -1.99. The Morgan fingerprint density at radius 2 is 1.87 bits per heavy atom. The highest BCUT2D eigenvalue weighted by Gasteiger charge is 2.13. The van der Waals surface area contributed by atoms with Crippen LogP contribution in [0, 0.1) is 0 Å². The van der Waals surface area contributed by atoms with Crippen molar-refractivity contribution in [2.24, 2.45) is 0 Å². The van der Waals surface area contributed by atoms with Crippen molar-refractivity contribution in [1.82, 2.24) is 10.6 Å². The number of rotatable bonds is 6. The van der Waals surface area contributed by atoms with Gasteiger partial charge in [-0.25, -0.2) is 0 Å². The summed E-state index contributed by atoms with van der Waals surface area (Å²) in [6.45, 7) is 0.508. The summed E-state index contributed by atoms with van der Waals surface area (Å²) in [7, 11) is 1.47. The molecule has 0 saturated carbocycles. The second-order valence-electron chi connectivity index (χ2n) is 4.46. The van der Waals surface area contributed by atoms with Crippen molar-refractivity contribution in [2.45, 2.75) is 0 Å². The van der Waals surface area contributed by atoms with Gasteiger partial charge in [0.2, 0.25) is 0 Å². The van der Waals surface area contributed by atoms with Gasteiger partial charge in [0.25, 0.3) is 11.8 Å². The molecule has 0 spiro atoms. The maximum Gasteiger partial charge on any atom is 0.287 e. The van der Waals surface area contributed by atoms with E-state index < -0.39 is 0 Å². The van der Waals surface area contributed by atoms with Crippen LogP contribution >= 0.6 is 27.5 Å². The lowest BCUT2D eigenvalue weighted by molar-refractivity contribution is 0.0909. The third-order valence-electron chi connectivity index (χ3n) is 2.90. The number of carbonyl (C=O) groups is 2. The molecular weight excluding hydrogens is 388 g/mol. The van der Waals surface area contributed by atoms with Gasteiger partial charge in [0.1, 0.15) is 5.75 Å². The minimum absolute atomic E-state index is 0.194. The molecule has 0 unspecified atom stereocenters. The number of hydrogen-bond donors (Lipinski definition) is 2. The Morgan fingerprint density at radius 3 is 2.48 bits per heavy atom. The molecule has 1 heterocycles. The van der Waals surface area contributed by atoms with E-state index >= 15 is 0 Å². The Labute approximate surface area is 146 Å². The molecule has 1 aromatic carbocycles. The number of hydrogen-bond acceptors (Lipinski definition) is 4. The molecule has 2 aromatic rings. The van der Waals surface area contributed by atoms with Crippen molar-refractivity contribution in [3.63, 3.8) is 0 Å². The Kier molecular flexibility index (Phi) is 6.06. The van der Waals surface area contributed by atoms with Crippen molar-refractivity contribution in [1.29, 1.82) is 0 Å². The van der Waals surface area contributed by atoms with Crippen molar-refractivity contribution in [2.75, 3.05) is 20.2 Å². The van der Waals surface area contributed by atoms with Gasteiger partial charge < -0.3 is 19.8 Å². The molecule has 0 fully saturated rings. The molecule has 23 heavy (non-hydrogen) atoms. The van der Waals surface area contributed by atoms with Gasteiger partial charge in [-0.15, -0.1) is 0 Å². The molecule has 6 nitrogen and oxygen atoms in total. The van der Waals surface area contributed by atoms with Gasteiger partial charge in [0.15, 0.2) is 10.4 Å². The van der Waals surface area contributed by atoms with E-state index in [0.29, 0.717) is 21.0 Å². The van der Waals surface area contributed by atoms with Crippen LogP contribution in [-0.4, -0.2) is 32.0 Å². The lowest BCUT2D eigenvalue weighted by Gasteiger charge is -2.10. The molecule has 2 N–H and O–H groups in total. The quantitative estimate of drug-likeness (QED) is 0.729. The summed E-state index contributed by atoms with van der Waals surface area (Å²) in [5, 5.41) is 5.75. The highest BCUT2D eigenvalue weighted by molar-refractivity contribution is 9.10. The van der Waals surface area contributed by atoms with Crippen molar-refractivity contribution in [3.05, 3.63) is 51.3 Å². The van der Waals surface area contributed by atoms with Crippen LogP contribution in [0.1, 0.15) is 20.9 Å². The lowest BCUT2D eigenvalue weighted by atomic mass is 10.2. The van der Waals surface area contributed by atoms with Crippen LogP contribution in [0.3, 0.4) is 0 Å². The highest BCUT2D eigenvalue weighted by Crippen LogP contribution is 2.22. The second-order valence-corrected chi connectivity index (χ2v) is 5.68. The maximum atomic E-state index is 12.1. The van der Waals surface area contributed by atoms with E-state index in [1.54, 1.807) is 24.3 Å². The molecule has 0 radical (unpaired) electrons. The molecule has 122 valence electrons. The topological polar surface area (TPSA) is 80.6 Å². The summed E-state index contributed by atoms with van der Waals surface area (Å²) in [5.41, 5.74) is 0.335. The summed E-state index contributed by atoms with van der Waals surface area (Å²) in [5.74, 6) is -0.0688. The highest BCUT2D eigenvalue weighted by atomic mass is 79.9. The van der Waals surface area contributed by atoms with Gasteiger partial charge in [0, 0.05) is 18.1 Å². The standard InChI is InChI=1S/C15H14BrClN2O4/c1-22-11-3-2-9(17)8-10(11)14(20)18-6-7-19-15(21)12-4-5-13(16)23-12/h2-5,8H,6-7H2,1H3,(H,18,20)(H,19,21). The number of furan rings is 1. The van der Waals surface area contributed by atoms with Crippen LogP contribution in [0.15, 0.2) is 39.4 Å². The minimum atomic E-state index is -0.356. The zero-order chi connectivity index (χ0) is 16.8. The minimum Gasteiger partial charge on any atom is -0.496 e. The van der Waals surface area contributed by atoms with E-state index in [1.807, 2.05) is 0 Å². The third-order valence-corrected chi connectivity index (χ3v) is 3.56. The van der Waals surface area contributed by atoms with E-state index in [0.717, 1.165) is 0 Å². The van der Waals surface area contributed by atoms with Gasteiger partial charge in [-0.05, 0) is 46.3 Å². The van der Waals surface area contributed by atoms with E-state index in [4.69, 9.17) is 20.8 Å². The van der Waals surface area contributed by atoms with Gasteiger partial charge in [0.05, 0.1) is 12.7 Å². The van der Waals surface area contributed by atoms with Crippen molar-refractivity contribution < 1.29 is 18.7 Å². The lowest BCUT2D eigenvalue weighted by Crippen LogP contribution is -2.34. The van der Waals surface area contributed by atoms with Crippen LogP contribution in [0.25, 0.3) is 0 Å². The summed E-state index contributed by atoms with van der Waals surface area (Å²) in [4.78, 5) is 23.8. The van der Waals surface area contributed by atoms with Crippen LogP contribution in [0.4, 0.5) is 0 Å². The SMILES string of the molecule is COc1ccc(Cl)cc1C(=O)NCCNC(=O)c1ccc(Br)o1. The number of nitrogens with one attached hydrogen (secondary N) is 2. The normalized spacial score (nSPS) is 10.2. The molecule has 0 aliphatic carbocycles. The molecule has 1 aromatic heterocycles. The first-order chi connectivity index (χ1) is 11.0. The summed E-state index contributed by atoms with van der Waals surface area (Å²) in [6, 6.07) is 7.96. The molecular formula is C15H14BrClN2O4. The molecule has 8 heteroatoms. The average Bonchev–Trinajstić information content (AvgIpc) is 2.97. The average molecular weight is 402 g/mol. The van der Waals surface area contributed by atoms with Gasteiger partial charge in [-0.1, -0.05) is 11.6 Å². The molecule has 0 aliphatic heterocycles. The number of ether oxygens (including phenoxy) is 1. The number of carbonyl (C=O) groups excluding carboxylic acids is 2. The number of benzene rings is 1. The van der Waals surface area contributed by atoms with Gasteiger partial charge >= 0.3 is 0 Å². The Morgan fingerprint density at radius 1 is 1.17 bits per heavy atom. The van der Waals surface area contributed by atoms with Crippen LogP contribution < -0.4 is 15.4 Å². The predicted molar refractivity (Wildman–Crippen MR) is 89.1 cm³/mol. The maximum absolute atomic E-state index is 12.1. The van der Waals surface area contributed by atoms with E-state index in [1.165, 1.54) is 13.2 Å². The zero-order valence-electron chi connectivity index (χ0n) is 12.2. The van der Waals surface area contributed by atoms with Crippen molar-refractivity contribution >= 4 is 39.3 Å². The first kappa shape index (κ1) is 17.4. The van der Waals surface area contributed by atoms with Gasteiger partial charge in [-0.2, -0.15) is 0 Å². The van der Waals surface area contributed by atoms with Crippen molar-refractivity contribution in [3.8, 4) is 5.75 Å². The number of methoxy groups -OCH3 is 1. The Balaban J connectivity index is 1.83. The number of halogens is 2. The largest absolute Gasteiger partial charge is 0.496 e. The molecule has 2 rings (SSSR count). The first-order valence-corrected chi connectivity index (χ1v) is 7.83.